The Balaban J connectivity index is 1.39. The smallest absolute Gasteiger partial charge is 0.152 e. The van der Waals surface area contributed by atoms with Gasteiger partial charge in [-0.05, 0) is 56.7 Å². The molecule has 154 valence electrons. The van der Waals surface area contributed by atoms with E-state index in [1.807, 2.05) is 54.9 Å². The molecule has 0 radical (unpaired) electrons. The molecule has 3 aromatic rings. The van der Waals surface area contributed by atoms with Gasteiger partial charge in [0, 0.05) is 28.4 Å². The summed E-state index contributed by atoms with van der Waals surface area (Å²) in [5, 5.41) is 8.72. The number of furan rings is 1. The largest absolute Gasteiger partial charge is 0.460 e. The van der Waals surface area contributed by atoms with Crippen LogP contribution >= 0.6 is 11.6 Å². The summed E-state index contributed by atoms with van der Waals surface area (Å²) in [4.78, 5) is 0. The Morgan fingerprint density at radius 3 is 2.62 bits per heavy atom. The van der Waals surface area contributed by atoms with E-state index in [-0.39, 0.29) is 17.5 Å². The molecule has 0 amide bonds. The van der Waals surface area contributed by atoms with Crippen LogP contribution in [0.2, 0.25) is 5.02 Å². The number of hydrogen-bond acceptors (Lipinski definition) is 5. The van der Waals surface area contributed by atoms with Crippen molar-refractivity contribution in [3.8, 4) is 11.3 Å². The summed E-state index contributed by atoms with van der Waals surface area (Å²) in [7, 11) is -2.94. The van der Waals surface area contributed by atoms with E-state index >= 15 is 0 Å². The summed E-state index contributed by atoms with van der Waals surface area (Å²) >= 11 is 5.94. The number of nitrogens with one attached hydrogen (secondary N) is 1. The Labute approximate surface area is 175 Å². The summed E-state index contributed by atoms with van der Waals surface area (Å²) < 4.78 is 31.4. The van der Waals surface area contributed by atoms with E-state index in [9.17, 15) is 8.42 Å². The predicted octanol–water partition coefficient (Wildman–Crippen LogP) is 4.06. The Morgan fingerprint density at radius 1 is 1.17 bits per heavy atom. The predicted molar refractivity (Wildman–Crippen MR) is 114 cm³/mol. The third-order valence-electron chi connectivity index (χ3n) is 5.42. The van der Waals surface area contributed by atoms with E-state index in [1.165, 1.54) is 0 Å². The van der Waals surface area contributed by atoms with Crippen LogP contribution in [0.5, 0.6) is 0 Å². The van der Waals surface area contributed by atoms with Crippen LogP contribution in [0.25, 0.3) is 11.3 Å². The molecule has 1 aliphatic heterocycles. The van der Waals surface area contributed by atoms with Crippen molar-refractivity contribution in [1.29, 1.82) is 0 Å². The molecule has 1 N–H and O–H groups in total. The Bertz CT molecular complexity index is 1120. The lowest BCUT2D eigenvalue weighted by Crippen LogP contribution is -2.16. The van der Waals surface area contributed by atoms with E-state index in [2.05, 4.69) is 10.4 Å². The number of benzene rings is 1. The van der Waals surface area contributed by atoms with Gasteiger partial charge >= 0.3 is 0 Å². The third-order valence-corrected chi connectivity index (χ3v) is 7.42. The molecule has 2 aromatic heterocycles. The highest BCUT2D eigenvalue weighted by Crippen LogP contribution is 2.27. The van der Waals surface area contributed by atoms with Crippen LogP contribution in [0.3, 0.4) is 0 Å². The van der Waals surface area contributed by atoms with Crippen LogP contribution in [0.4, 0.5) is 0 Å². The fourth-order valence-electron chi connectivity index (χ4n) is 3.83. The Morgan fingerprint density at radius 2 is 1.93 bits per heavy atom. The molecule has 1 atom stereocenters. The molecule has 1 fully saturated rings. The van der Waals surface area contributed by atoms with Crippen molar-refractivity contribution in [3.63, 3.8) is 0 Å². The molecule has 1 aliphatic rings. The van der Waals surface area contributed by atoms with Crippen molar-refractivity contribution >= 4 is 21.4 Å². The van der Waals surface area contributed by atoms with E-state index in [1.54, 1.807) is 0 Å². The zero-order chi connectivity index (χ0) is 20.6. The lowest BCUT2D eigenvalue weighted by Gasteiger charge is -2.11. The molecule has 1 aromatic carbocycles. The van der Waals surface area contributed by atoms with Crippen molar-refractivity contribution in [2.75, 3.05) is 11.5 Å². The lowest BCUT2D eigenvalue weighted by atomic mass is 10.2. The van der Waals surface area contributed by atoms with Crippen molar-refractivity contribution in [2.24, 2.45) is 0 Å². The zero-order valence-corrected chi connectivity index (χ0v) is 18.1. The van der Waals surface area contributed by atoms with E-state index in [0.717, 1.165) is 34.0 Å². The average molecular weight is 434 g/mol. The molecule has 0 spiro atoms. The summed E-state index contributed by atoms with van der Waals surface area (Å²) in [6, 6.07) is 11.4. The monoisotopic (exact) mass is 433 g/mol. The van der Waals surface area contributed by atoms with Crippen molar-refractivity contribution < 1.29 is 12.8 Å². The molecule has 1 saturated heterocycles. The highest BCUT2D eigenvalue weighted by atomic mass is 35.5. The second-order valence-corrected chi connectivity index (χ2v) is 10.2. The molecule has 29 heavy (non-hydrogen) atoms. The number of rotatable bonds is 6. The molecular weight excluding hydrogens is 410 g/mol. The Hall–Kier alpha value is -2.09. The maximum Gasteiger partial charge on any atom is 0.152 e. The first-order valence-corrected chi connectivity index (χ1v) is 11.8. The van der Waals surface area contributed by atoms with E-state index < -0.39 is 9.84 Å². The molecule has 6 nitrogen and oxygen atoms in total. The summed E-state index contributed by atoms with van der Waals surface area (Å²) in [6.07, 6.45) is 0.636. The van der Waals surface area contributed by atoms with Crippen LogP contribution in [0.15, 0.2) is 40.8 Å². The van der Waals surface area contributed by atoms with Gasteiger partial charge in [0.25, 0.3) is 0 Å². The van der Waals surface area contributed by atoms with Gasteiger partial charge in [0.1, 0.15) is 11.5 Å². The highest BCUT2D eigenvalue weighted by molar-refractivity contribution is 7.91. The van der Waals surface area contributed by atoms with Gasteiger partial charge in [-0.3, -0.25) is 4.68 Å². The minimum Gasteiger partial charge on any atom is -0.460 e. The number of aromatic nitrogens is 2. The summed E-state index contributed by atoms with van der Waals surface area (Å²) in [6.45, 7) is 5.21. The van der Waals surface area contributed by atoms with Gasteiger partial charge in [0.15, 0.2) is 9.84 Å². The topological polar surface area (TPSA) is 77.1 Å². The fourth-order valence-corrected chi connectivity index (χ4v) is 5.65. The molecule has 1 unspecified atom stereocenters. The van der Waals surface area contributed by atoms with Crippen molar-refractivity contribution in [3.05, 3.63) is 64.1 Å². The standard InChI is InChI=1S/C21H24ClN3O3S/c1-14-20(15(2)25(24-14)18-9-10-29(26,27)13-18)12-23-11-19-7-8-21(28-19)16-3-5-17(22)6-4-16/h3-8,18,23H,9-13H2,1-2H3. The fraction of sp³-hybridized carbons (Fsp3) is 0.381. The highest BCUT2D eigenvalue weighted by Gasteiger charge is 2.31. The second-order valence-electron chi connectivity index (χ2n) is 7.53. The zero-order valence-electron chi connectivity index (χ0n) is 16.5. The number of hydrogen-bond donors (Lipinski definition) is 1. The maximum atomic E-state index is 11.8. The van der Waals surface area contributed by atoms with E-state index in [0.29, 0.717) is 24.5 Å². The van der Waals surface area contributed by atoms with Gasteiger partial charge in [0.05, 0.1) is 29.8 Å². The average Bonchev–Trinajstić information content (AvgIpc) is 3.36. The van der Waals surface area contributed by atoms with E-state index in [4.69, 9.17) is 16.0 Å². The van der Waals surface area contributed by atoms with Crippen molar-refractivity contribution in [2.45, 2.75) is 39.4 Å². The number of aryl methyl sites for hydroxylation is 1. The quantitative estimate of drug-likeness (QED) is 0.634. The maximum absolute atomic E-state index is 11.8. The van der Waals surface area contributed by atoms with Crippen LogP contribution in [0, 0.1) is 13.8 Å². The first-order chi connectivity index (χ1) is 13.8. The number of sulfone groups is 1. The summed E-state index contributed by atoms with van der Waals surface area (Å²) in [5.74, 6) is 2.08. The molecular formula is C21H24ClN3O3S. The summed E-state index contributed by atoms with van der Waals surface area (Å²) in [5.41, 5.74) is 4.05. The van der Waals surface area contributed by atoms with Gasteiger partial charge in [-0.25, -0.2) is 8.42 Å². The number of halogens is 1. The first kappa shape index (κ1) is 20.2. The lowest BCUT2D eigenvalue weighted by molar-refractivity contribution is 0.482. The second kappa shape index (κ2) is 7.97. The molecule has 8 heteroatoms. The molecule has 4 rings (SSSR count). The van der Waals surface area contributed by atoms with Crippen LogP contribution in [-0.2, 0) is 22.9 Å². The minimum absolute atomic E-state index is 0.0561. The van der Waals surface area contributed by atoms with Crippen LogP contribution in [0.1, 0.15) is 35.2 Å². The first-order valence-electron chi connectivity index (χ1n) is 9.63. The normalized spacial score (nSPS) is 18.4. The van der Waals surface area contributed by atoms with Gasteiger partial charge in [-0.1, -0.05) is 11.6 Å². The van der Waals surface area contributed by atoms with Crippen LogP contribution < -0.4 is 5.32 Å². The van der Waals surface area contributed by atoms with Crippen molar-refractivity contribution in [1.82, 2.24) is 15.1 Å². The third kappa shape index (κ3) is 4.42. The minimum atomic E-state index is -2.94. The SMILES string of the molecule is Cc1nn(C2CCS(=O)(=O)C2)c(C)c1CNCc1ccc(-c2ccc(Cl)cc2)o1. The van der Waals surface area contributed by atoms with Gasteiger partial charge in [0.2, 0.25) is 0 Å². The number of nitrogens with zero attached hydrogens (tertiary/aromatic N) is 2. The van der Waals surface area contributed by atoms with Gasteiger partial charge < -0.3 is 9.73 Å². The van der Waals surface area contributed by atoms with Gasteiger partial charge in [-0.2, -0.15) is 5.10 Å². The molecule has 0 saturated carbocycles. The molecule has 3 heterocycles. The van der Waals surface area contributed by atoms with Gasteiger partial charge in [-0.15, -0.1) is 0 Å². The molecule has 0 aliphatic carbocycles. The Kier molecular flexibility index (Phi) is 5.55. The van der Waals surface area contributed by atoms with Crippen LogP contribution in [-0.4, -0.2) is 29.7 Å². The molecule has 0 bridgehead atoms.